The third-order valence-corrected chi connectivity index (χ3v) is 7.98. The molecule has 7 nitrogen and oxygen atoms in total. The highest BCUT2D eigenvalue weighted by Crippen LogP contribution is 2.30. The van der Waals surface area contributed by atoms with Gasteiger partial charge >= 0.3 is 5.97 Å². The summed E-state index contributed by atoms with van der Waals surface area (Å²) in [6.45, 7) is 1.10. The lowest BCUT2D eigenvalue weighted by Crippen LogP contribution is -2.50. The molecule has 3 heterocycles. The lowest BCUT2D eigenvalue weighted by atomic mass is 9.96. The minimum absolute atomic E-state index is 0.198. The van der Waals surface area contributed by atoms with Crippen LogP contribution in [-0.4, -0.2) is 60.3 Å². The predicted octanol–water partition coefficient (Wildman–Crippen LogP) is 1.22. The van der Waals surface area contributed by atoms with Crippen LogP contribution >= 0.6 is 11.3 Å². The van der Waals surface area contributed by atoms with Crippen LogP contribution in [0.2, 0.25) is 0 Å². The molecule has 0 aromatic carbocycles. The first-order valence-electron chi connectivity index (χ1n) is 7.98. The molecule has 1 aromatic heterocycles. The van der Waals surface area contributed by atoms with Crippen LogP contribution < -0.4 is 0 Å². The molecule has 9 heteroatoms. The Morgan fingerprint density at radius 3 is 2.46 bits per heavy atom. The number of amides is 1. The number of carbonyl (C=O) groups excluding carboxylic acids is 1. The molecule has 0 saturated carbocycles. The molecule has 3 rings (SSSR count). The lowest BCUT2D eigenvalue weighted by Gasteiger charge is -2.34. The van der Waals surface area contributed by atoms with E-state index in [9.17, 15) is 18.0 Å². The van der Waals surface area contributed by atoms with Crippen molar-refractivity contribution in [2.24, 2.45) is 5.92 Å². The van der Waals surface area contributed by atoms with Gasteiger partial charge in [0.15, 0.2) is 0 Å². The van der Waals surface area contributed by atoms with Crippen molar-refractivity contribution in [1.29, 1.82) is 0 Å². The fourth-order valence-corrected chi connectivity index (χ4v) is 6.13. The van der Waals surface area contributed by atoms with Gasteiger partial charge in [-0.2, -0.15) is 4.31 Å². The first-order chi connectivity index (χ1) is 11.4. The molecule has 0 radical (unpaired) electrons. The third-order valence-electron chi connectivity index (χ3n) is 4.70. The molecule has 1 unspecified atom stereocenters. The Morgan fingerprint density at radius 2 is 1.88 bits per heavy atom. The molecule has 1 atom stereocenters. The van der Waals surface area contributed by atoms with Crippen LogP contribution in [0.3, 0.4) is 0 Å². The van der Waals surface area contributed by atoms with Crippen molar-refractivity contribution in [2.75, 3.05) is 19.6 Å². The minimum Gasteiger partial charge on any atom is -0.481 e. The Hall–Kier alpha value is -1.45. The number of rotatable bonds is 4. The van der Waals surface area contributed by atoms with Gasteiger partial charge in [0, 0.05) is 19.6 Å². The molecule has 2 saturated heterocycles. The Balaban J connectivity index is 1.72. The number of hydrogen-bond acceptors (Lipinski definition) is 5. The van der Waals surface area contributed by atoms with Crippen molar-refractivity contribution in [3.05, 3.63) is 17.5 Å². The minimum atomic E-state index is -3.64. The predicted molar refractivity (Wildman–Crippen MR) is 88.2 cm³/mol. The van der Waals surface area contributed by atoms with Gasteiger partial charge in [0.05, 0.1) is 5.92 Å². The van der Waals surface area contributed by atoms with Crippen molar-refractivity contribution in [3.63, 3.8) is 0 Å². The number of aliphatic carboxylic acids is 1. The Morgan fingerprint density at radius 1 is 1.17 bits per heavy atom. The van der Waals surface area contributed by atoms with E-state index in [1.54, 1.807) is 22.4 Å². The zero-order valence-corrected chi connectivity index (χ0v) is 14.8. The highest BCUT2D eigenvalue weighted by atomic mass is 32.2. The van der Waals surface area contributed by atoms with E-state index in [-0.39, 0.29) is 10.1 Å². The van der Waals surface area contributed by atoms with Crippen molar-refractivity contribution < 1.29 is 23.1 Å². The number of piperidine rings is 1. The number of nitrogens with zero attached hydrogens (tertiary/aromatic N) is 2. The maximum Gasteiger partial charge on any atom is 0.306 e. The lowest BCUT2D eigenvalue weighted by molar-refractivity contribution is -0.146. The highest BCUT2D eigenvalue weighted by Gasteiger charge is 2.42. The number of hydrogen-bond donors (Lipinski definition) is 1. The Labute approximate surface area is 144 Å². The summed E-state index contributed by atoms with van der Waals surface area (Å²) >= 11 is 1.15. The van der Waals surface area contributed by atoms with Gasteiger partial charge in [-0.3, -0.25) is 9.59 Å². The fraction of sp³-hybridized carbons (Fsp3) is 0.600. The van der Waals surface area contributed by atoms with Crippen LogP contribution in [-0.2, 0) is 19.6 Å². The summed E-state index contributed by atoms with van der Waals surface area (Å²) in [5.41, 5.74) is 0. The van der Waals surface area contributed by atoms with Gasteiger partial charge in [-0.1, -0.05) is 6.07 Å². The summed E-state index contributed by atoms with van der Waals surface area (Å²) < 4.78 is 27.0. The highest BCUT2D eigenvalue weighted by molar-refractivity contribution is 7.91. The topological polar surface area (TPSA) is 95.0 Å². The number of carboxylic acid groups (broad SMARTS) is 1. The smallest absolute Gasteiger partial charge is 0.306 e. The zero-order valence-electron chi connectivity index (χ0n) is 13.1. The van der Waals surface area contributed by atoms with E-state index in [1.165, 1.54) is 4.31 Å². The van der Waals surface area contributed by atoms with E-state index in [1.807, 2.05) is 0 Å². The molecule has 24 heavy (non-hydrogen) atoms. The van der Waals surface area contributed by atoms with Crippen LogP contribution in [0.15, 0.2) is 21.7 Å². The normalized spacial score (nSPS) is 23.5. The summed E-state index contributed by atoms with van der Waals surface area (Å²) in [6.07, 6.45) is 2.02. The SMILES string of the molecule is O=C(O)C1CCN(C(=O)C2CCCN2S(=O)(=O)c2cccs2)CC1. The molecule has 0 spiro atoms. The molecule has 1 aromatic rings. The van der Waals surface area contributed by atoms with Gasteiger partial charge in [0.1, 0.15) is 10.3 Å². The molecule has 2 aliphatic heterocycles. The standard InChI is InChI=1S/C15H20N2O5S2/c18-14(16-8-5-11(6-9-16)15(19)20)12-3-1-7-17(12)24(21,22)13-4-2-10-23-13/h2,4,10-12H,1,3,5-9H2,(H,19,20). The Bertz CT molecular complexity index is 708. The van der Waals surface area contributed by atoms with Crippen molar-refractivity contribution in [2.45, 2.75) is 35.9 Å². The maximum atomic E-state index is 12.8. The average molecular weight is 372 g/mol. The van der Waals surface area contributed by atoms with Gasteiger partial charge in [-0.05, 0) is 37.1 Å². The van der Waals surface area contributed by atoms with Gasteiger partial charge in [-0.15, -0.1) is 11.3 Å². The van der Waals surface area contributed by atoms with Gasteiger partial charge in [-0.25, -0.2) is 8.42 Å². The van der Waals surface area contributed by atoms with Crippen LogP contribution in [0, 0.1) is 5.92 Å². The average Bonchev–Trinajstić information content (AvgIpc) is 3.26. The monoisotopic (exact) mass is 372 g/mol. The van der Waals surface area contributed by atoms with E-state index in [0.29, 0.717) is 45.3 Å². The molecule has 2 fully saturated rings. The van der Waals surface area contributed by atoms with E-state index in [4.69, 9.17) is 5.11 Å². The first-order valence-corrected chi connectivity index (χ1v) is 10.3. The molecular formula is C15H20N2O5S2. The summed E-state index contributed by atoms with van der Waals surface area (Å²) in [5, 5.41) is 10.7. The number of carboxylic acids is 1. The van der Waals surface area contributed by atoms with Crippen molar-refractivity contribution >= 4 is 33.2 Å². The van der Waals surface area contributed by atoms with Crippen LogP contribution in [0.4, 0.5) is 0 Å². The summed E-state index contributed by atoms with van der Waals surface area (Å²) in [4.78, 5) is 25.4. The van der Waals surface area contributed by atoms with Gasteiger partial charge in [0.2, 0.25) is 5.91 Å². The number of carbonyl (C=O) groups is 2. The van der Waals surface area contributed by atoms with E-state index >= 15 is 0 Å². The second-order valence-electron chi connectivity index (χ2n) is 6.14. The Kier molecular flexibility index (Phi) is 4.93. The zero-order chi connectivity index (χ0) is 17.3. The van der Waals surface area contributed by atoms with Crippen molar-refractivity contribution in [1.82, 2.24) is 9.21 Å². The second-order valence-corrected chi connectivity index (χ2v) is 9.21. The number of thiophene rings is 1. The van der Waals surface area contributed by atoms with E-state index < -0.39 is 28.0 Å². The van der Waals surface area contributed by atoms with Crippen molar-refractivity contribution in [3.8, 4) is 0 Å². The van der Waals surface area contributed by atoms with Crippen LogP contribution in [0.5, 0.6) is 0 Å². The molecule has 2 aliphatic rings. The molecule has 0 bridgehead atoms. The van der Waals surface area contributed by atoms with Gasteiger partial charge < -0.3 is 10.0 Å². The van der Waals surface area contributed by atoms with Crippen LogP contribution in [0.25, 0.3) is 0 Å². The van der Waals surface area contributed by atoms with Gasteiger partial charge in [0.25, 0.3) is 10.0 Å². The maximum absolute atomic E-state index is 12.8. The number of sulfonamides is 1. The fourth-order valence-electron chi connectivity index (χ4n) is 3.36. The molecular weight excluding hydrogens is 352 g/mol. The van der Waals surface area contributed by atoms with Crippen LogP contribution in [0.1, 0.15) is 25.7 Å². The first kappa shape index (κ1) is 17.4. The quantitative estimate of drug-likeness (QED) is 0.858. The molecule has 1 amide bonds. The molecule has 1 N–H and O–H groups in total. The molecule has 132 valence electrons. The summed E-state index contributed by atoms with van der Waals surface area (Å²) in [5.74, 6) is -1.44. The number of likely N-dealkylation sites (tertiary alicyclic amines) is 1. The summed E-state index contributed by atoms with van der Waals surface area (Å²) in [7, 11) is -3.64. The summed E-state index contributed by atoms with van der Waals surface area (Å²) in [6, 6.07) is 2.57. The second kappa shape index (κ2) is 6.81. The van der Waals surface area contributed by atoms with E-state index in [0.717, 1.165) is 11.3 Å². The largest absolute Gasteiger partial charge is 0.481 e. The molecule has 0 aliphatic carbocycles. The van der Waals surface area contributed by atoms with E-state index in [2.05, 4.69) is 0 Å². The third kappa shape index (κ3) is 3.20.